The highest BCUT2D eigenvalue weighted by atomic mass is 19.1. The van der Waals surface area contributed by atoms with Crippen molar-refractivity contribution in [1.29, 1.82) is 0 Å². The van der Waals surface area contributed by atoms with Crippen molar-refractivity contribution < 1.29 is 9.50 Å². The molecule has 5 nitrogen and oxygen atoms in total. The lowest BCUT2D eigenvalue weighted by Gasteiger charge is -2.33. The Balaban J connectivity index is 1.40. The van der Waals surface area contributed by atoms with E-state index in [1.807, 2.05) is 6.92 Å². The molecular formula is C22H31FN4O. The molecule has 4 rings (SSSR count). The third-order valence-electron chi connectivity index (χ3n) is 6.35. The van der Waals surface area contributed by atoms with Gasteiger partial charge in [-0.1, -0.05) is 19.3 Å². The van der Waals surface area contributed by atoms with E-state index in [1.54, 1.807) is 6.07 Å². The minimum Gasteiger partial charge on any atom is -0.389 e. The number of nitrogens with zero attached hydrogens (tertiary/aromatic N) is 3. The lowest BCUT2D eigenvalue weighted by molar-refractivity contribution is 0.00236. The van der Waals surface area contributed by atoms with Crippen LogP contribution in [-0.2, 0) is 0 Å². The Bertz CT molecular complexity index is 822. The third kappa shape index (κ3) is 4.44. The maximum absolute atomic E-state index is 13.5. The number of nitrogens with one attached hydrogen (secondary N) is 1. The number of hydrogen-bond acceptors (Lipinski definition) is 5. The normalized spacial score (nSPS) is 23.0. The van der Waals surface area contributed by atoms with Crippen LogP contribution in [0.15, 0.2) is 18.2 Å². The Labute approximate surface area is 166 Å². The highest BCUT2D eigenvalue weighted by molar-refractivity contribution is 5.81. The number of rotatable bonds is 4. The lowest BCUT2D eigenvalue weighted by Crippen LogP contribution is -2.45. The van der Waals surface area contributed by atoms with Gasteiger partial charge >= 0.3 is 0 Å². The molecule has 2 aromatic rings. The van der Waals surface area contributed by atoms with Crippen molar-refractivity contribution in [1.82, 2.24) is 15.3 Å². The van der Waals surface area contributed by atoms with Gasteiger partial charge in [-0.05, 0) is 57.2 Å². The largest absolute Gasteiger partial charge is 0.389 e. The monoisotopic (exact) mass is 386 g/mol. The van der Waals surface area contributed by atoms with E-state index in [9.17, 15) is 9.50 Å². The van der Waals surface area contributed by atoms with Crippen molar-refractivity contribution in [2.45, 2.75) is 69.9 Å². The second-order valence-corrected chi connectivity index (χ2v) is 8.55. The molecule has 0 bridgehead atoms. The van der Waals surface area contributed by atoms with Crippen LogP contribution < -0.4 is 10.2 Å². The fourth-order valence-electron chi connectivity index (χ4n) is 4.60. The molecule has 0 unspecified atom stereocenters. The molecule has 1 saturated carbocycles. The molecule has 2 aliphatic rings. The van der Waals surface area contributed by atoms with Crippen LogP contribution in [0.3, 0.4) is 0 Å². The summed E-state index contributed by atoms with van der Waals surface area (Å²) in [4.78, 5) is 11.6. The second kappa shape index (κ2) is 8.29. The average molecular weight is 387 g/mol. The highest BCUT2D eigenvalue weighted by Crippen LogP contribution is 2.28. The molecule has 2 N–H and O–H groups in total. The zero-order chi connectivity index (χ0) is 19.6. The van der Waals surface area contributed by atoms with Gasteiger partial charge in [0.1, 0.15) is 5.82 Å². The van der Waals surface area contributed by atoms with Gasteiger partial charge in [0.2, 0.25) is 5.95 Å². The van der Waals surface area contributed by atoms with Crippen LogP contribution in [0.1, 0.15) is 57.1 Å². The summed E-state index contributed by atoms with van der Waals surface area (Å²) in [5.41, 5.74) is 1.10. The smallest absolute Gasteiger partial charge is 0.226 e. The van der Waals surface area contributed by atoms with Gasteiger partial charge < -0.3 is 15.3 Å². The van der Waals surface area contributed by atoms with Gasteiger partial charge in [-0.3, -0.25) is 0 Å². The summed E-state index contributed by atoms with van der Waals surface area (Å²) in [6.45, 7) is 4.44. The summed E-state index contributed by atoms with van der Waals surface area (Å²) in [5.74, 6) is 0.485. The number of halogens is 1. The van der Waals surface area contributed by atoms with E-state index in [0.29, 0.717) is 12.6 Å². The Hall–Kier alpha value is -1.79. The first-order valence-electron chi connectivity index (χ1n) is 10.7. The van der Waals surface area contributed by atoms with Crippen molar-refractivity contribution in [2.75, 3.05) is 24.5 Å². The van der Waals surface area contributed by atoms with Crippen molar-refractivity contribution >= 4 is 16.9 Å². The van der Waals surface area contributed by atoms with Crippen LogP contribution in [-0.4, -0.2) is 46.4 Å². The first-order valence-corrected chi connectivity index (χ1v) is 10.7. The van der Waals surface area contributed by atoms with Crippen molar-refractivity contribution in [3.8, 4) is 0 Å². The molecule has 0 radical (unpaired) electrons. The Morgan fingerprint density at radius 1 is 1.14 bits per heavy atom. The quantitative estimate of drug-likeness (QED) is 0.839. The van der Waals surface area contributed by atoms with Gasteiger partial charge in [0.25, 0.3) is 0 Å². The third-order valence-corrected chi connectivity index (χ3v) is 6.35. The zero-order valence-corrected chi connectivity index (χ0v) is 16.8. The van der Waals surface area contributed by atoms with E-state index in [4.69, 9.17) is 0 Å². The molecule has 0 spiro atoms. The molecule has 152 valence electrons. The molecule has 1 aliphatic carbocycles. The molecule has 1 atom stereocenters. The predicted octanol–water partition coefficient (Wildman–Crippen LogP) is 3.72. The minimum absolute atomic E-state index is 0.254. The lowest BCUT2D eigenvalue weighted by atomic mass is 9.84. The number of aryl methyl sites for hydroxylation is 1. The van der Waals surface area contributed by atoms with E-state index in [-0.39, 0.29) is 5.82 Å². The van der Waals surface area contributed by atoms with E-state index in [2.05, 4.69) is 20.2 Å². The number of aromatic nitrogens is 2. The van der Waals surface area contributed by atoms with Crippen LogP contribution in [0.4, 0.5) is 10.3 Å². The highest BCUT2D eigenvalue weighted by Gasteiger charge is 2.30. The molecule has 6 heteroatoms. The molecule has 2 fully saturated rings. The molecular weight excluding hydrogens is 355 g/mol. The fraction of sp³-hybridized carbons (Fsp3) is 0.636. The van der Waals surface area contributed by atoms with Crippen molar-refractivity contribution in [3.05, 3.63) is 29.7 Å². The van der Waals surface area contributed by atoms with Crippen molar-refractivity contribution in [2.24, 2.45) is 0 Å². The fourth-order valence-corrected chi connectivity index (χ4v) is 4.60. The van der Waals surface area contributed by atoms with Crippen LogP contribution in [0, 0.1) is 12.7 Å². The number of hydrogen-bond donors (Lipinski definition) is 2. The predicted molar refractivity (Wildman–Crippen MR) is 110 cm³/mol. The first kappa shape index (κ1) is 19.5. The molecule has 1 aliphatic heterocycles. The van der Waals surface area contributed by atoms with Crippen LogP contribution in [0.25, 0.3) is 10.9 Å². The summed E-state index contributed by atoms with van der Waals surface area (Å²) < 4.78 is 13.5. The van der Waals surface area contributed by atoms with E-state index < -0.39 is 5.60 Å². The summed E-state index contributed by atoms with van der Waals surface area (Å²) in [7, 11) is 0. The van der Waals surface area contributed by atoms with Gasteiger partial charge in [-0.15, -0.1) is 0 Å². The maximum atomic E-state index is 13.5. The van der Waals surface area contributed by atoms with Crippen molar-refractivity contribution in [3.63, 3.8) is 0 Å². The first-order chi connectivity index (χ1) is 13.5. The molecule has 1 saturated heterocycles. The second-order valence-electron chi connectivity index (χ2n) is 8.55. The number of benzene rings is 1. The summed E-state index contributed by atoms with van der Waals surface area (Å²) in [6, 6.07) is 5.12. The SMILES string of the molecule is Cc1nc(N2CCC[C@H](NCC3(O)CCCCC3)CC2)nc2ccc(F)cc12. The molecule has 0 amide bonds. The average Bonchev–Trinajstić information content (AvgIpc) is 2.93. The van der Waals surface area contributed by atoms with Gasteiger partial charge in [0.05, 0.1) is 16.8 Å². The van der Waals surface area contributed by atoms with Crippen LogP contribution in [0.2, 0.25) is 0 Å². The summed E-state index contributed by atoms with van der Waals surface area (Å²) in [5, 5.41) is 15.1. The molecule has 2 heterocycles. The standard InChI is InChI=1S/C22H31FN4O/c1-16-19-14-17(23)7-8-20(19)26-21(25-16)27-12-5-6-18(9-13-27)24-15-22(28)10-3-2-4-11-22/h7-8,14,18,24,28H,2-6,9-13,15H2,1H3/t18-/m0/s1. The zero-order valence-electron chi connectivity index (χ0n) is 16.8. The Morgan fingerprint density at radius 2 is 1.96 bits per heavy atom. The maximum Gasteiger partial charge on any atom is 0.226 e. The van der Waals surface area contributed by atoms with E-state index in [1.165, 1.54) is 18.6 Å². The van der Waals surface area contributed by atoms with Gasteiger partial charge in [0, 0.05) is 31.1 Å². The van der Waals surface area contributed by atoms with Crippen LogP contribution >= 0.6 is 0 Å². The number of aliphatic hydroxyl groups is 1. The summed E-state index contributed by atoms with van der Waals surface area (Å²) in [6.07, 6.45) is 8.55. The van der Waals surface area contributed by atoms with Crippen LogP contribution in [0.5, 0.6) is 0 Å². The molecule has 28 heavy (non-hydrogen) atoms. The van der Waals surface area contributed by atoms with E-state index >= 15 is 0 Å². The Morgan fingerprint density at radius 3 is 2.79 bits per heavy atom. The minimum atomic E-state index is -0.516. The Kier molecular flexibility index (Phi) is 5.78. The summed E-state index contributed by atoms with van der Waals surface area (Å²) >= 11 is 0. The van der Waals surface area contributed by atoms with Gasteiger partial charge in [-0.2, -0.15) is 0 Å². The van der Waals surface area contributed by atoms with Gasteiger partial charge in [-0.25, -0.2) is 14.4 Å². The van der Waals surface area contributed by atoms with E-state index in [0.717, 1.165) is 80.6 Å². The molecule has 1 aromatic heterocycles. The number of anilines is 1. The topological polar surface area (TPSA) is 61.3 Å². The van der Waals surface area contributed by atoms with Gasteiger partial charge in [0.15, 0.2) is 0 Å². The molecule has 1 aromatic carbocycles. The number of fused-ring (bicyclic) bond motifs is 1.